The molecule has 0 spiro atoms. The molecule has 1 aromatic heterocycles. The van der Waals surface area contributed by atoms with E-state index in [1.54, 1.807) is 0 Å². The molecule has 104 valence electrons. The average molecular weight is 268 g/mol. The highest BCUT2D eigenvalue weighted by atomic mass is 16.3. The molecule has 1 unspecified atom stereocenters. The van der Waals surface area contributed by atoms with Crippen LogP contribution in [0.3, 0.4) is 0 Å². The first-order valence-corrected chi connectivity index (χ1v) is 7.58. The van der Waals surface area contributed by atoms with Gasteiger partial charge in [0.25, 0.3) is 0 Å². The summed E-state index contributed by atoms with van der Waals surface area (Å²) in [5, 5.41) is 10.7. The molecule has 0 amide bonds. The lowest BCUT2D eigenvalue weighted by Gasteiger charge is -2.39. The summed E-state index contributed by atoms with van der Waals surface area (Å²) in [6.45, 7) is 0.862. The van der Waals surface area contributed by atoms with Crippen molar-refractivity contribution in [3.63, 3.8) is 0 Å². The Morgan fingerprint density at radius 3 is 3.15 bits per heavy atom. The number of aliphatic hydroxyl groups excluding tert-OH is 1. The van der Waals surface area contributed by atoms with E-state index in [0.717, 1.165) is 13.0 Å². The van der Waals surface area contributed by atoms with Crippen molar-refractivity contribution < 1.29 is 5.11 Å². The molecule has 2 aromatic rings. The van der Waals surface area contributed by atoms with E-state index in [2.05, 4.69) is 27.8 Å². The van der Waals surface area contributed by atoms with Gasteiger partial charge >= 0.3 is 0 Å². The van der Waals surface area contributed by atoms with Crippen LogP contribution in [0.4, 0.5) is 0 Å². The second kappa shape index (κ2) is 4.74. The standard InChI is InChI=1S/C17H20N2O/c20-17-14(10-19-8-7-18-11-19)9-13-5-1-3-12-4-2-6-15(17)16(12)13/h2,4,6-8,11,13-14,17,20H,1,3,5,9-10H2/t13?,14-,17-/m0/s1. The van der Waals surface area contributed by atoms with Crippen LogP contribution in [0.15, 0.2) is 36.9 Å². The average Bonchev–Trinajstić information content (AvgIpc) is 2.97. The van der Waals surface area contributed by atoms with Gasteiger partial charge in [-0.2, -0.15) is 0 Å². The summed E-state index contributed by atoms with van der Waals surface area (Å²) in [4.78, 5) is 4.10. The van der Waals surface area contributed by atoms with Crippen LogP contribution in [0.1, 0.15) is 48.0 Å². The molecule has 1 aromatic carbocycles. The zero-order valence-electron chi connectivity index (χ0n) is 11.6. The lowest BCUT2D eigenvalue weighted by atomic mass is 9.68. The minimum absolute atomic E-state index is 0.301. The molecule has 1 N–H and O–H groups in total. The Morgan fingerprint density at radius 2 is 2.30 bits per heavy atom. The lowest BCUT2D eigenvalue weighted by Crippen LogP contribution is -2.29. The summed E-state index contributed by atoms with van der Waals surface area (Å²) >= 11 is 0. The lowest BCUT2D eigenvalue weighted by molar-refractivity contribution is 0.0733. The highest BCUT2D eigenvalue weighted by Gasteiger charge is 2.36. The molecule has 0 fully saturated rings. The molecular weight excluding hydrogens is 248 g/mol. The third kappa shape index (κ3) is 1.88. The monoisotopic (exact) mass is 268 g/mol. The van der Waals surface area contributed by atoms with Crippen molar-refractivity contribution in [3.8, 4) is 0 Å². The Kier molecular flexibility index (Phi) is 2.88. The van der Waals surface area contributed by atoms with Gasteiger partial charge in [0, 0.05) is 24.9 Å². The molecule has 0 bridgehead atoms. The zero-order valence-corrected chi connectivity index (χ0v) is 11.6. The Hall–Kier alpha value is -1.61. The fraction of sp³-hybridized carbons (Fsp3) is 0.471. The fourth-order valence-corrected chi connectivity index (χ4v) is 4.11. The first kappa shape index (κ1) is 12.2. The van der Waals surface area contributed by atoms with Gasteiger partial charge in [0.1, 0.15) is 0 Å². The fourth-order valence-electron chi connectivity index (χ4n) is 4.11. The van der Waals surface area contributed by atoms with Crippen LogP contribution >= 0.6 is 0 Å². The normalized spacial score (nSPS) is 28.1. The van der Waals surface area contributed by atoms with Crippen LogP contribution < -0.4 is 0 Å². The molecule has 3 atom stereocenters. The zero-order chi connectivity index (χ0) is 13.5. The molecule has 0 saturated carbocycles. The minimum Gasteiger partial charge on any atom is -0.388 e. The van der Waals surface area contributed by atoms with E-state index >= 15 is 0 Å². The van der Waals surface area contributed by atoms with Crippen molar-refractivity contribution in [2.45, 2.75) is 44.2 Å². The van der Waals surface area contributed by atoms with Gasteiger partial charge in [0.2, 0.25) is 0 Å². The van der Waals surface area contributed by atoms with Gasteiger partial charge in [-0.05, 0) is 48.3 Å². The number of aliphatic hydroxyl groups is 1. The van der Waals surface area contributed by atoms with Gasteiger partial charge < -0.3 is 9.67 Å². The number of hydrogen-bond acceptors (Lipinski definition) is 2. The van der Waals surface area contributed by atoms with E-state index < -0.39 is 0 Å². The highest BCUT2D eigenvalue weighted by Crippen LogP contribution is 2.47. The third-order valence-corrected chi connectivity index (χ3v) is 4.99. The van der Waals surface area contributed by atoms with Crippen LogP contribution in [0.2, 0.25) is 0 Å². The number of imidazole rings is 1. The predicted molar refractivity (Wildman–Crippen MR) is 77.4 cm³/mol. The number of nitrogens with zero attached hydrogens (tertiary/aromatic N) is 2. The van der Waals surface area contributed by atoms with Gasteiger partial charge in [0.05, 0.1) is 12.4 Å². The summed E-state index contributed by atoms with van der Waals surface area (Å²) < 4.78 is 2.09. The quantitative estimate of drug-likeness (QED) is 0.909. The van der Waals surface area contributed by atoms with Gasteiger partial charge in [-0.15, -0.1) is 0 Å². The summed E-state index contributed by atoms with van der Waals surface area (Å²) in [6, 6.07) is 6.48. The van der Waals surface area contributed by atoms with Crippen LogP contribution in [0, 0.1) is 5.92 Å². The number of rotatable bonds is 2. The molecule has 2 aliphatic carbocycles. The molecule has 20 heavy (non-hydrogen) atoms. The van der Waals surface area contributed by atoms with Crippen molar-refractivity contribution in [1.82, 2.24) is 9.55 Å². The Balaban J connectivity index is 1.70. The minimum atomic E-state index is -0.332. The van der Waals surface area contributed by atoms with Crippen LogP contribution in [0.5, 0.6) is 0 Å². The van der Waals surface area contributed by atoms with Crippen LogP contribution in [-0.4, -0.2) is 14.7 Å². The molecular formula is C17H20N2O. The molecule has 1 heterocycles. The topological polar surface area (TPSA) is 38.0 Å². The summed E-state index contributed by atoms with van der Waals surface area (Å²) in [5.74, 6) is 0.946. The summed E-state index contributed by atoms with van der Waals surface area (Å²) in [7, 11) is 0. The van der Waals surface area contributed by atoms with E-state index in [1.165, 1.54) is 36.0 Å². The van der Waals surface area contributed by atoms with Gasteiger partial charge in [-0.25, -0.2) is 4.98 Å². The molecule has 0 saturated heterocycles. The van der Waals surface area contributed by atoms with Crippen molar-refractivity contribution in [2.75, 3.05) is 0 Å². The molecule has 3 heteroatoms. The SMILES string of the molecule is O[C@@H]1c2cccc3c2C(CCC3)C[C@H]1Cn1ccnc1. The second-order valence-corrected chi connectivity index (χ2v) is 6.21. The summed E-state index contributed by atoms with van der Waals surface area (Å²) in [6.07, 6.45) is 10.1. The van der Waals surface area contributed by atoms with Crippen LogP contribution in [-0.2, 0) is 13.0 Å². The largest absolute Gasteiger partial charge is 0.388 e. The van der Waals surface area contributed by atoms with Gasteiger partial charge in [-0.1, -0.05) is 18.2 Å². The maximum Gasteiger partial charge on any atom is 0.0946 e. The Labute approximate surface area is 119 Å². The second-order valence-electron chi connectivity index (χ2n) is 6.21. The third-order valence-electron chi connectivity index (χ3n) is 4.99. The molecule has 0 radical (unpaired) electrons. The highest BCUT2D eigenvalue weighted by molar-refractivity contribution is 5.43. The maximum atomic E-state index is 10.7. The maximum absolute atomic E-state index is 10.7. The Bertz CT molecular complexity index is 605. The van der Waals surface area contributed by atoms with Crippen molar-refractivity contribution in [3.05, 3.63) is 53.6 Å². The number of benzene rings is 1. The first-order chi connectivity index (χ1) is 9.83. The van der Waals surface area contributed by atoms with E-state index in [4.69, 9.17) is 0 Å². The smallest absolute Gasteiger partial charge is 0.0946 e. The summed E-state index contributed by atoms with van der Waals surface area (Å²) in [5.41, 5.74) is 4.12. The van der Waals surface area contributed by atoms with Gasteiger partial charge in [0.15, 0.2) is 0 Å². The van der Waals surface area contributed by atoms with Crippen molar-refractivity contribution in [1.29, 1.82) is 0 Å². The van der Waals surface area contributed by atoms with E-state index in [1.807, 2.05) is 18.7 Å². The van der Waals surface area contributed by atoms with Crippen LogP contribution in [0.25, 0.3) is 0 Å². The number of hydrogen-bond donors (Lipinski definition) is 1. The van der Waals surface area contributed by atoms with Crippen molar-refractivity contribution >= 4 is 0 Å². The number of aromatic nitrogens is 2. The van der Waals surface area contributed by atoms with Gasteiger partial charge in [-0.3, -0.25) is 0 Å². The molecule has 0 aliphatic heterocycles. The Morgan fingerprint density at radius 1 is 1.35 bits per heavy atom. The first-order valence-electron chi connectivity index (χ1n) is 7.58. The van der Waals surface area contributed by atoms with E-state index in [0.29, 0.717) is 11.8 Å². The number of aryl methyl sites for hydroxylation is 1. The molecule has 2 aliphatic rings. The molecule has 4 rings (SSSR count). The van der Waals surface area contributed by atoms with Crippen molar-refractivity contribution in [2.24, 2.45) is 5.92 Å². The molecule has 3 nitrogen and oxygen atoms in total. The van der Waals surface area contributed by atoms with E-state index in [-0.39, 0.29) is 6.10 Å². The van der Waals surface area contributed by atoms with E-state index in [9.17, 15) is 5.11 Å². The predicted octanol–water partition coefficient (Wildman–Crippen LogP) is 3.06.